The van der Waals surface area contributed by atoms with E-state index in [1.165, 1.54) is 17.7 Å². The average molecular weight is 467 g/mol. The topological polar surface area (TPSA) is 117 Å². The van der Waals surface area contributed by atoms with Gasteiger partial charge in [0.2, 0.25) is 0 Å². The SMILES string of the molecule is CO/C=C/C(=O)NC(=O)NCC1CCN(S(=O)(=O)NC(C)(C)c2ccc(C)c(C)c2)CC1. The van der Waals surface area contributed by atoms with E-state index < -0.39 is 27.7 Å². The number of hydrogen-bond donors (Lipinski definition) is 3. The molecular formula is C22H34N4O5S. The molecule has 1 heterocycles. The molecule has 10 heteroatoms. The molecule has 0 spiro atoms. The van der Waals surface area contributed by atoms with Crippen LogP contribution >= 0.6 is 0 Å². The van der Waals surface area contributed by atoms with E-state index in [1.807, 2.05) is 45.9 Å². The third-order valence-electron chi connectivity index (χ3n) is 5.67. The minimum Gasteiger partial charge on any atom is -0.504 e. The number of carbonyl (C=O) groups is 2. The lowest BCUT2D eigenvalue weighted by Crippen LogP contribution is -2.51. The number of benzene rings is 1. The average Bonchev–Trinajstić information content (AvgIpc) is 2.72. The molecule has 0 aromatic heterocycles. The van der Waals surface area contributed by atoms with Crippen molar-refractivity contribution in [2.24, 2.45) is 5.92 Å². The van der Waals surface area contributed by atoms with Gasteiger partial charge in [0, 0.05) is 25.7 Å². The number of rotatable bonds is 8. The molecule has 32 heavy (non-hydrogen) atoms. The van der Waals surface area contributed by atoms with Gasteiger partial charge >= 0.3 is 6.03 Å². The molecule has 0 saturated carbocycles. The summed E-state index contributed by atoms with van der Waals surface area (Å²) in [5, 5.41) is 4.82. The Kier molecular flexibility index (Phi) is 8.82. The molecule has 3 amide bonds. The molecule has 1 aromatic rings. The number of carbonyl (C=O) groups excluding carboxylic acids is 2. The van der Waals surface area contributed by atoms with Crippen LogP contribution in [0.4, 0.5) is 4.79 Å². The zero-order chi connectivity index (χ0) is 23.9. The molecule has 3 N–H and O–H groups in total. The van der Waals surface area contributed by atoms with Crippen molar-refractivity contribution in [2.75, 3.05) is 26.7 Å². The molecule has 0 aliphatic carbocycles. The van der Waals surface area contributed by atoms with Crippen LogP contribution in [0.2, 0.25) is 0 Å². The predicted octanol–water partition coefficient (Wildman–Crippen LogP) is 2.07. The van der Waals surface area contributed by atoms with Crippen LogP contribution in [0.5, 0.6) is 0 Å². The number of urea groups is 1. The smallest absolute Gasteiger partial charge is 0.321 e. The lowest BCUT2D eigenvalue weighted by atomic mass is 9.93. The highest BCUT2D eigenvalue weighted by Crippen LogP contribution is 2.26. The van der Waals surface area contributed by atoms with Crippen LogP contribution < -0.4 is 15.4 Å². The highest BCUT2D eigenvalue weighted by Gasteiger charge is 2.33. The van der Waals surface area contributed by atoms with Crippen LogP contribution in [0.15, 0.2) is 30.5 Å². The van der Waals surface area contributed by atoms with E-state index in [9.17, 15) is 18.0 Å². The van der Waals surface area contributed by atoms with E-state index in [0.29, 0.717) is 32.5 Å². The molecule has 1 aliphatic rings. The first-order chi connectivity index (χ1) is 14.9. The lowest BCUT2D eigenvalue weighted by molar-refractivity contribution is -0.115. The molecule has 2 rings (SSSR count). The number of piperidine rings is 1. The summed E-state index contributed by atoms with van der Waals surface area (Å²) < 4.78 is 34.9. The van der Waals surface area contributed by atoms with E-state index >= 15 is 0 Å². The molecular weight excluding hydrogens is 432 g/mol. The number of hydrogen-bond acceptors (Lipinski definition) is 5. The van der Waals surface area contributed by atoms with E-state index in [2.05, 4.69) is 20.1 Å². The van der Waals surface area contributed by atoms with Crippen molar-refractivity contribution < 1.29 is 22.7 Å². The third kappa shape index (κ3) is 7.32. The van der Waals surface area contributed by atoms with Gasteiger partial charge in [-0.3, -0.25) is 10.1 Å². The van der Waals surface area contributed by atoms with Crippen LogP contribution in [-0.4, -0.2) is 51.4 Å². The molecule has 9 nitrogen and oxygen atoms in total. The highest BCUT2D eigenvalue weighted by molar-refractivity contribution is 7.87. The molecule has 1 fully saturated rings. The van der Waals surface area contributed by atoms with Gasteiger partial charge in [0.25, 0.3) is 16.1 Å². The van der Waals surface area contributed by atoms with Gasteiger partial charge < -0.3 is 10.1 Å². The van der Waals surface area contributed by atoms with E-state index in [0.717, 1.165) is 22.8 Å². The van der Waals surface area contributed by atoms with E-state index in [1.54, 1.807) is 0 Å². The Morgan fingerprint density at radius 2 is 1.84 bits per heavy atom. The monoisotopic (exact) mass is 466 g/mol. The molecule has 178 valence electrons. The van der Waals surface area contributed by atoms with Gasteiger partial charge in [-0.25, -0.2) is 4.79 Å². The summed E-state index contributed by atoms with van der Waals surface area (Å²) in [6.45, 7) is 8.83. The predicted molar refractivity (Wildman–Crippen MR) is 123 cm³/mol. The van der Waals surface area contributed by atoms with Crippen molar-refractivity contribution in [1.29, 1.82) is 0 Å². The summed E-state index contributed by atoms with van der Waals surface area (Å²) in [7, 11) is -2.27. The van der Waals surface area contributed by atoms with Gasteiger partial charge in [0.1, 0.15) is 0 Å². The van der Waals surface area contributed by atoms with Gasteiger partial charge in [0.05, 0.1) is 18.9 Å². The Bertz CT molecular complexity index is 951. The Hall–Kier alpha value is -2.43. The number of aryl methyl sites for hydroxylation is 2. The second-order valence-electron chi connectivity index (χ2n) is 8.61. The fraction of sp³-hybridized carbons (Fsp3) is 0.545. The van der Waals surface area contributed by atoms with Crippen LogP contribution in [-0.2, 0) is 25.3 Å². The van der Waals surface area contributed by atoms with Gasteiger partial charge in [-0.15, -0.1) is 0 Å². The molecule has 1 saturated heterocycles. The Morgan fingerprint density at radius 3 is 2.44 bits per heavy atom. The number of nitrogens with one attached hydrogen (secondary N) is 3. The largest absolute Gasteiger partial charge is 0.504 e. The summed E-state index contributed by atoms with van der Waals surface area (Å²) in [5.41, 5.74) is 2.43. The Morgan fingerprint density at radius 1 is 1.19 bits per heavy atom. The zero-order valence-electron chi connectivity index (χ0n) is 19.4. The maximum Gasteiger partial charge on any atom is 0.321 e. The summed E-state index contributed by atoms with van der Waals surface area (Å²) in [6, 6.07) is 5.36. The van der Waals surface area contributed by atoms with Crippen LogP contribution in [0, 0.1) is 19.8 Å². The molecule has 0 unspecified atom stereocenters. The summed E-state index contributed by atoms with van der Waals surface area (Å²) in [5.74, 6) is -0.452. The van der Waals surface area contributed by atoms with Crippen molar-refractivity contribution >= 4 is 22.1 Å². The van der Waals surface area contributed by atoms with Gasteiger partial charge in [-0.05, 0) is 63.1 Å². The lowest BCUT2D eigenvalue weighted by Gasteiger charge is -2.35. The van der Waals surface area contributed by atoms with E-state index in [4.69, 9.17) is 0 Å². The molecule has 1 aliphatic heterocycles. The van der Waals surface area contributed by atoms with Crippen molar-refractivity contribution in [3.05, 3.63) is 47.2 Å². The minimum absolute atomic E-state index is 0.129. The molecule has 0 atom stereocenters. The first-order valence-corrected chi connectivity index (χ1v) is 12.0. The van der Waals surface area contributed by atoms with Crippen molar-refractivity contribution in [3.63, 3.8) is 0 Å². The standard InChI is InChI=1S/C22H34N4O5S/c1-16-6-7-19(14-17(16)2)22(3,4)25-32(29,30)26-11-8-18(9-12-26)15-23-21(28)24-20(27)10-13-31-5/h6-7,10,13-14,18,25H,8-9,11-12,15H2,1-5H3,(H2,23,24,27,28)/b13-10+. The first-order valence-electron chi connectivity index (χ1n) is 10.6. The summed E-state index contributed by atoms with van der Waals surface area (Å²) in [6.07, 6.45) is 3.51. The van der Waals surface area contributed by atoms with Crippen molar-refractivity contribution in [1.82, 2.24) is 19.7 Å². The highest BCUT2D eigenvalue weighted by atomic mass is 32.2. The second kappa shape index (κ2) is 10.9. The summed E-state index contributed by atoms with van der Waals surface area (Å²) >= 11 is 0. The number of ether oxygens (including phenoxy) is 1. The Balaban J connectivity index is 1.86. The van der Waals surface area contributed by atoms with Crippen LogP contribution in [0.1, 0.15) is 43.4 Å². The number of imide groups is 1. The molecule has 0 radical (unpaired) electrons. The van der Waals surface area contributed by atoms with Crippen LogP contribution in [0.25, 0.3) is 0 Å². The zero-order valence-corrected chi connectivity index (χ0v) is 20.2. The normalized spacial score (nSPS) is 16.2. The number of methoxy groups -OCH3 is 1. The molecule has 1 aromatic carbocycles. The maximum absolute atomic E-state index is 13.0. The van der Waals surface area contributed by atoms with Gasteiger partial charge in [-0.2, -0.15) is 17.4 Å². The van der Waals surface area contributed by atoms with Gasteiger partial charge in [-0.1, -0.05) is 18.2 Å². The second-order valence-corrected chi connectivity index (χ2v) is 10.3. The summed E-state index contributed by atoms with van der Waals surface area (Å²) in [4.78, 5) is 23.2. The fourth-order valence-electron chi connectivity index (χ4n) is 3.49. The number of nitrogens with zero attached hydrogens (tertiary/aromatic N) is 1. The van der Waals surface area contributed by atoms with Gasteiger partial charge in [0.15, 0.2) is 0 Å². The fourth-order valence-corrected chi connectivity index (χ4v) is 5.08. The van der Waals surface area contributed by atoms with Crippen molar-refractivity contribution in [3.8, 4) is 0 Å². The third-order valence-corrected chi connectivity index (χ3v) is 7.48. The minimum atomic E-state index is -3.67. The first kappa shape index (κ1) is 25.8. The van der Waals surface area contributed by atoms with E-state index in [-0.39, 0.29) is 5.92 Å². The van der Waals surface area contributed by atoms with Crippen LogP contribution in [0.3, 0.4) is 0 Å². The quantitative estimate of drug-likeness (QED) is 0.401. The Labute approximate surface area is 190 Å². The maximum atomic E-state index is 13.0. The van der Waals surface area contributed by atoms with Crippen molar-refractivity contribution in [2.45, 2.75) is 46.1 Å². The molecule has 0 bridgehead atoms. The number of amides is 3.